The van der Waals surface area contributed by atoms with Gasteiger partial charge in [-0.3, -0.25) is 0 Å². The lowest BCUT2D eigenvalue weighted by Gasteiger charge is -2.23. The van der Waals surface area contributed by atoms with Crippen LogP contribution in [0.2, 0.25) is 0 Å². The van der Waals surface area contributed by atoms with Gasteiger partial charge < -0.3 is 15.4 Å². The molecule has 0 amide bonds. The van der Waals surface area contributed by atoms with E-state index in [1.54, 1.807) is 0 Å². The van der Waals surface area contributed by atoms with Crippen LogP contribution in [0.15, 0.2) is 24.3 Å². The molecule has 17 heavy (non-hydrogen) atoms. The van der Waals surface area contributed by atoms with Crippen molar-refractivity contribution in [2.24, 2.45) is 5.73 Å². The van der Waals surface area contributed by atoms with Gasteiger partial charge >= 0.3 is 0 Å². The van der Waals surface area contributed by atoms with E-state index in [2.05, 4.69) is 30.0 Å². The van der Waals surface area contributed by atoms with E-state index in [4.69, 9.17) is 10.5 Å². The van der Waals surface area contributed by atoms with E-state index in [1.807, 2.05) is 6.07 Å². The van der Waals surface area contributed by atoms with Crippen molar-refractivity contribution in [2.45, 2.75) is 19.3 Å². The molecule has 0 radical (unpaired) electrons. The summed E-state index contributed by atoms with van der Waals surface area (Å²) in [6.07, 6.45) is 1.18. The molecule has 1 atom stereocenters. The summed E-state index contributed by atoms with van der Waals surface area (Å²) < 4.78 is 5.71. The maximum absolute atomic E-state index is 5.71. The maximum atomic E-state index is 5.71. The molecule has 3 nitrogen and oxygen atoms in total. The zero-order valence-corrected chi connectivity index (χ0v) is 10.6. The van der Waals surface area contributed by atoms with E-state index in [9.17, 15) is 0 Å². The fourth-order valence-corrected chi connectivity index (χ4v) is 2.49. The minimum atomic E-state index is 0.504. The van der Waals surface area contributed by atoms with Crippen LogP contribution in [0.25, 0.3) is 0 Å². The van der Waals surface area contributed by atoms with Gasteiger partial charge in [0.25, 0.3) is 0 Å². The quantitative estimate of drug-likeness (QED) is 0.816. The number of ether oxygens (including phenoxy) is 1. The highest BCUT2D eigenvalue weighted by atomic mass is 16.5. The van der Waals surface area contributed by atoms with Crippen molar-refractivity contribution in [3.63, 3.8) is 0 Å². The van der Waals surface area contributed by atoms with Crippen molar-refractivity contribution in [3.8, 4) is 5.75 Å². The Balaban J connectivity index is 1.99. The van der Waals surface area contributed by atoms with Gasteiger partial charge in [0.05, 0.1) is 6.61 Å². The number of hydrogen-bond donors (Lipinski definition) is 1. The van der Waals surface area contributed by atoms with Gasteiger partial charge in [-0.25, -0.2) is 0 Å². The van der Waals surface area contributed by atoms with Crippen LogP contribution in [0.1, 0.15) is 24.8 Å². The van der Waals surface area contributed by atoms with Gasteiger partial charge in [-0.15, -0.1) is 0 Å². The van der Waals surface area contributed by atoms with Crippen molar-refractivity contribution in [2.75, 3.05) is 32.8 Å². The molecule has 0 bridgehead atoms. The van der Waals surface area contributed by atoms with Crippen molar-refractivity contribution < 1.29 is 4.74 Å². The third-order valence-electron chi connectivity index (χ3n) is 3.26. The minimum absolute atomic E-state index is 0.504. The molecule has 1 aromatic carbocycles. The molecule has 0 saturated carbocycles. The summed E-state index contributed by atoms with van der Waals surface area (Å²) in [7, 11) is 0. The lowest BCUT2D eigenvalue weighted by Crippen LogP contribution is -2.34. The Kier molecular flexibility index (Phi) is 4.40. The second-order valence-electron chi connectivity index (χ2n) is 4.64. The summed E-state index contributed by atoms with van der Waals surface area (Å²) in [5.41, 5.74) is 7.01. The zero-order valence-electron chi connectivity index (χ0n) is 10.6. The molecule has 1 aromatic rings. The van der Waals surface area contributed by atoms with Crippen molar-refractivity contribution in [3.05, 3.63) is 29.8 Å². The number of para-hydroxylation sites is 1. The van der Waals surface area contributed by atoms with Crippen molar-refractivity contribution >= 4 is 0 Å². The summed E-state index contributed by atoms with van der Waals surface area (Å²) in [6, 6.07) is 8.36. The molecule has 3 heteroatoms. The van der Waals surface area contributed by atoms with Crippen LogP contribution >= 0.6 is 0 Å². The number of rotatable bonds is 6. The highest BCUT2D eigenvalue weighted by Crippen LogP contribution is 2.33. The topological polar surface area (TPSA) is 38.5 Å². The van der Waals surface area contributed by atoms with Crippen molar-refractivity contribution in [1.29, 1.82) is 0 Å². The lowest BCUT2D eigenvalue weighted by atomic mass is 10.0. The summed E-state index contributed by atoms with van der Waals surface area (Å²) in [6.45, 7) is 6.91. The van der Waals surface area contributed by atoms with Crippen molar-refractivity contribution in [1.82, 2.24) is 4.90 Å². The number of fused-ring (bicyclic) bond motifs is 1. The molecule has 1 aliphatic heterocycles. The Morgan fingerprint density at radius 1 is 1.35 bits per heavy atom. The van der Waals surface area contributed by atoms with E-state index in [0.29, 0.717) is 5.92 Å². The third-order valence-corrected chi connectivity index (χ3v) is 3.26. The predicted molar refractivity (Wildman–Crippen MR) is 70.5 cm³/mol. The van der Waals surface area contributed by atoms with Crippen LogP contribution in [0, 0.1) is 0 Å². The van der Waals surface area contributed by atoms with Gasteiger partial charge in [0.15, 0.2) is 0 Å². The predicted octanol–water partition coefficient (Wildman–Crippen LogP) is 1.83. The molecular formula is C14H22N2O. The van der Waals surface area contributed by atoms with Crippen LogP contribution in [-0.2, 0) is 0 Å². The molecule has 0 spiro atoms. The first kappa shape index (κ1) is 12.4. The minimum Gasteiger partial charge on any atom is -0.493 e. The molecule has 0 aliphatic carbocycles. The highest BCUT2D eigenvalue weighted by molar-refractivity contribution is 5.39. The van der Waals surface area contributed by atoms with Crippen LogP contribution in [0.4, 0.5) is 0 Å². The zero-order chi connectivity index (χ0) is 12.1. The van der Waals surface area contributed by atoms with Gasteiger partial charge in [-0.1, -0.05) is 25.1 Å². The van der Waals surface area contributed by atoms with E-state index in [1.165, 1.54) is 12.0 Å². The first-order valence-corrected chi connectivity index (χ1v) is 6.49. The molecule has 1 heterocycles. The SMILES string of the molecule is CCCN(CCN)CC1COc2ccccc21. The van der Waals surface area contributed by atoms with Crippen LogP contribution < -0.4 is 10.5 Å². The Morgan fingerprint density at radius 3 is 2.94 bits per heavy atom. The summed E-state index contributed by atoms with van der Waals surface area (Å²) in [5.74, 6) is 1.56. The van der Waals surface area contributed by atoms with E-state index >= 15 is 0 Å². The second kappa shape index (κ2) is 6.03. The molecule has 1 aliphatic rings. The maximum Gasteiger partial charge on any atom is 0.122 e. The van der Waals surface area contributed by atoms with Crippen LogP contribution in [-0.4, -0.2) is 37.7 Å². The summed E-state index contributed by atoms with van der Waals surface area (Å²) >= 11 is 0. The Morgan fingerprint density at radius 2 is 2.18 bits per heavy atom. The molecule has 0 saturated heterocycles. The number of nitrogens with zero attached hydrogens (tertiary/aromatic N) is 1. The smallest absolute Gasteiger partial charge is 0.122 e. The summed E-state index contributed by atoms with van der Waals surface area (Å²) in [5, 5.41) is 0. The third kappa shape index (κ3) is 2.99. The standard InChI is InChI=1S/C14H22N2O/c1-2-8-16(9-7-15)10-12-11-17-14-6-4-3-5-13(12)14/h3-6,12H,2,7-11,15H2,1H3. The van der Waals surface area contributed by atoms with Crippen LogP contribution in [0.5, 0.6) is 5.75 Å². The highest BCUT2D eigenvalue weighted by Gasteiger charge is 2.25. The molecule has 0 fully saturated rings. The largest absolute Gasteiger partial charge is 0.493 e. The number of nitrogens with two attached hydrogens (primary N) is 1. The van der Waals surface area contributed by atoms with E-state index < -0.39 is 0 Å². The molecule has 1 unspecified atom stereocenters. The van der Waals surface area contributed by atoms with Gasteiger partial charge in [0.1, 0.15) is 5.75 Å². The molecule has 2 N–H and O–H groups in total. The normalized spacial score (nSPS) is 18.2. The number of benzene rings is 1. The molecule has 2 rings (SSSR count). The Bertz CT molecular complexity index is 348. The van der Waals surface area contributed by atoms with E-state index in [0.717, 1.165) is 38.5 Å². The van der Waals surface area contributed by atoms with E-state index in [-0.39, 0.29) is 0 Å². The fraction of sp³-hybridized carbons (Fsp3) is 0.571. The fourth-order valence-electron chi connectivity index (χ4n) is 2.49. The van der Waals surface area contributed by atoms with Crippen LogP contribution in [0.3, 0.4) is 0 Å². The Labute approximate surface area is 104 Å². The molecule has 94 valence electrons. The average Bonchev–Trinajstić information content (AvgIpc) is 2.74. The average molecular weight is 234 g/mol. The second-order valence-corrected chi connectivity index (χ2v) is 4.64. The van der Waals surface area contributed by atoms with Gasteiger partial charge in [-0.2, -0.15) is 0 Å². The molecular weight excluding hydrogens is 212 g/mol. The summed E-state index contributed by atoms with van der Waals surface area (Å²) in [4.78, 5) is 2.44. The number of hydrogen-bond acceptors (Lipinski definition) is 3. The monoisotopic (exact) mass is 234 g/mol. The van der Waals surface area contributed by atoms with Gasteiger partial charge in [-0.05, 0) is 19.0 Å². The first-order valence-electron chi connectivity index (χ1n) is 6.49. The lowest BCUT2D eigenvalue weighted by molar-refractivity contribution is 0.237. The van der Waals surface area contributed by atoms with Gasteiger partial charge in [0.2, 0.25) is 0 Å². The van der Waals surface area contributed by atoms with Gasteiger partial charge in [0, 0.05) is 31.1 Å². The first-order chi connectivity index (χ1) is 8.35. The Hall–Kier alpha value is -1.06. The molecule has 0 aromatic heterocycles.